The Labute approximate surface area is 68.8 Å². The molecule has 0 radical (unpaired) electrons. The van der Waals surface area contributed by atoms with Crippen molar-refractivity contribution in [3.05, 3.63) is 24.3 Å². The second kappa shape index (κ2) is 5.76. The third kappa shape index (κ3) is 6.89. The minimum Gasteiger partial charge on any atom is -0.364 e. The summed E-state index contributed by atoms with van der Waals surface area (Å²) in [6, 6.07) is 0. The summed E-state index contributed by atoms with van der Waals surface area (Å²) in [5.41, 5.74) is 2.12. The van der Waals surface area contributed by atoms with Gasteiger partial charge in [-0.15, -0.1) is 6.42 Å². The lowest BCUT2D eigenvalue weighted by molar-refractivity contribution is 0.191. The summed E-state index contributed by atoms with van der Waals surface area (Å²) in [4.78, 5) is 0. The van der Waals surface area contributed by atoms with E-state index in [1.54, 1.807) is 0 Å². The maximum atomic E-state index is 5.07. The number of hydrogen-bond donors (Lipinski definition) is 0. The van der Waals surface area contributed by atoms with Crippen molar-refractivity contribution in [3.63, 3.8) is 0 Å². The van der Waals surface area contributed by atoms with Crippen molar-refractivity contribution in [2.45, 2.75) is 13.3 Å². The first-order valence-corrected chi connectivity index (χ1v) is 3.49. The van der Waals surface area contributed by atoms with E-state index in [9.17, 15) is 0 Å². The van der Waals surface area contributed by atoms with Crippen LogP contribution in [0.3, 0.4) is 0 Å². The van der Waals surface area contributed by atoms with Gasteiger partial charge in [0.15, 0.2) is 0 Å². The van der Waals surface area contributed by atoms with Gasteiger partial charge >= 0.3 is 0 Å². The average Bonchev–Trinajstić information content (AvgIpc) is 1.86. The zero-order valence-electron chi connectivity index (χ0n) is 7.02. The van der Waals surface area contributed by atoms with Crippen LogP contribution in [-0.2, 0) is 4.74 Å². The Morgan fingerprint density at radius 3 is 2.64 bits per heavy atom. The lowest BCUT2D eigenvalue weighted by atomic mass is 10.1. The van der Waals surface area contributed by atoms with Crippen molar-refractivity contribution in [1.82, 2.24) is 0 Å². The van der Waals surface area contributed by atoms with E-state index in [0.29, 0.717) is 13.2 Å². The van der Waals surface area contributed by atoms with Crippen molar-refractivity contribution in [2.24, 2.45) is 0 Å². The molecule has 60 valence electrons. The lowest BCUT2D eigenvalue weighted by Gasteiger charge is -2.03. The summed E-state index contributed by atoms with van der Waals surface area (Å²) in [7, 11) is 0. The molecule has 0 fully saturated rings. The quantitative estimate of drug-likeness (QED) is 0.331. The van der Waals surface area contributed by atoms with E-state index in [1.165, 1.54) is 0 Å². The average molecular weight is 150 g/mol. The topological polar surface area (TPSA) is 9.23 Å². The molecule has 0 aliphatic heterocycles. The number of allylic oxidation sites excluding steroid dienone is 1. The number of hydrogen-bond acceptors (Lipinski definition) is 1. The Morgan fingerprint density at radius 1 is 1.55 bits per heavy atom. The Hall–Kier alpha value is -1.00. The van der Waals surface area contributed by atoms with Crippen molar-refractivity contribution in [3.8, 4) is 12.3 Å². The minimum atomic E-state index is 0.356. The zero-order valence-corrected chi connectivity index (χ0v) is 7.02. The highest BCUT2D eigenvalue weighted by atomic mass is 16.5. The third-order valence-electron chi connectivity index (χ3n) is 1.04. The molecule has 1 heteroatoms. The van der Waals surface area contributed by atoms with Gasteiger partial charge in [-0.3, -0.25) is 0 Å². The predicted octanol–water partition coefficient (Wildman–Crippen LogP) is 2.16. The molecule has 0 aromatic carbocycles. The lowest BCUT2D eigenvalue weighted by Crippen LogP contribution is -1.97. The first-order chi connectivity index (χ1) is 5.16. The van der Waals surface area contributed by atoms with Crippen LogP contribution in [0.1, 0.15) is 13.3 Å². The van der Waals surface area contributed by atoms with E-state index in [-0.39, 0.29) is 0 Å². The molecule has 0 saturated carbocycles. The monoisotopic (exact) mass is 150 g/mol. The Kier molecular flexibility index (Phi) is 5.24. The first kappa shape index (κ1) is 10.0. The van der Waals surface area contributed by atoms with Crippen molar-refractivity contribution in [2.75, 3.05) is 13.2 Å². The molecule has 0 bridgehead atoms. The largest absolute Gasteiger partial charge is 0.364 e. The zero-order chi connectivity index (χ0) is 8.69. The molecule has 0 unspecified atom stereocenters. The fourth-order valence-corrected chi connectivity index (χ4v) is 0.732. The number of rotatable bonds is 5. The van der Waals surface area contributed by atoms with E-state index in [0.717, 1.165) is 17.6 Å². The van der Waals surface area contributed by atoms with E-state index >= 15 is 0 Å². The minimum absolute atomic E-state index is 0.356. The van der Waals surface area contributed by atoms with Crippen LogP contribution in [0.2, 0.25) is 0 Å². The van der Waals surface area contributed by atoms with Gasteiger partial charge in [-0.05, 0) is 18.9 Å². The molecular weight excluding hydrogens is 136 g/mol. The molecular formula is C10H14O. The van der Waals surface area contributed by atoms with Crippen molar-refractivity contribution in [1.29, 1.82) is 0 Å². The van der Waals surface area contributed by atoms with E-state index in [4.69, 9.17) is 11.2 Å². The van der Waals surface area contributed by atoms with E-state index in [1.807, 2.05) is 6.92 Å². The molecule has 0 aliphatic carbocycles. The van der Waals surface area contributed by atoms with Gasteiger partial charge in [0.1, 0.15) is 6.61 Å². The Bertz CT molecular complexity index is 184. The van der Waals surface area contributed by atoms with Crippen LogP contribution >= 0.6 is 0 Å². The third-order valence-corrected chi connectivity index (χ3v) is 1.04. The molecule has 0 atom stereocenters. The Morgan fingerprint density at radius 2 is 2.18 bits per heavy atom. The van der Waals surface area contributed by atoms with Gasteiger partial charge in [0.05, 0.1) is 6.61 Å². The standard InChI is InChI=1S/C10H14O/c1-5-6-11-8-10(4)7-9(2)3/h1H,2,4,6-8H2,3H3. The SMILES string of the molecule is C#CCOCC(=C)CC(=C)C. The maximum Gasteiger partial charge on any atom is 0.107 e. The molecule has 0 spiro atoms. The van der Waals surface area contributed by atoms with Gasteiger partial charge in [-0.1, -0.05) is 24.7 Å². The highest BCUT2D eigenvalue weighted by Crippen LogP contribution is 2.05. The van der Waals surface area contributed by atoms with Crippen LogP contribution in [0.15, 0.2) is 24.3 Å². The fourth-order valence-electron chi connectivity index (χ4n) is 0.732. The smallest absolute Gasteiger partial charge is 0.107 e. The van der Waals surface area contributed by atoms with E-state index < -0.39 is 0 Å². The maximum absolute atomic E-state index is 5.07. The van der Waals surface area contributed by atoms with Gasteiger partial charge in [0.25, 0.3) is 0 Å². The molecule has 0 N–H and O–H groups in total. The summed E-state index contributed by atoms with van der Waals surface area (Å²) < 4.78 is 5.07. The van der Waals surface area contributed by atoms with Crippen LogP contribution < -0.4 is 0 Å². The highest BCUT2D eigenvalue weighted by Gasteiger charge is 1.93. The highest BCUT2D eigenvalue weighted by molar-refractivity contribution is 5.07. The molecule has 0 aliphatic rings. The molecule has 0 aromatic rings. The molecule has 11 heavy (non-hydrogen) atoms. The predicted molar refractivity (Wildman–Crippen MR) is 48.2 cm³/mol. The van der Waals surface area contributed by atoms with Gasteiger partial charge in [0, 0.05) is 0 Å². The van der Waals surface area contributed by atoms with Crippen molar-refractivity contribution >= 4 is 0 Å². The summed E-state index contributed by atoms with van der Waals surface area (Å²) in [5.74, 6) is 2.39. The first-order valence-electron chi connectivity index (χ1n) is 3.49. The van der Waals surface area contributed by atoms with Crippen molar-refractivity contribution < 1.29 is 4.74 Å². The van der Waals surface area contributed by atoms with Crippen LogP contribution in [0.5, 0.6) is 0 Å². The molecule has 0 aromatic heterocycles. The normalized spacial score (nSPS) is 8.73. The molecule has 0 saturated heterocycles. The Balaban J connectivity index is 3.39. The van der Waals surface area contributed by atoms with E-state index in [2.05, 4.69) is 19.1 Å². The van der Waals surface area contributed by atoms with Gasteiger partial charge in [0.2, 0.25) is 0 Å². The second-order valence-corrected chi connectivity index (χ2v) is 2.58. The number of terminal acetylenes is 1. The van der Waals surface area contributed by atoms with Gasteiger partial charge in [-0.25, -0.2) is 0 Å². The fraction of sp³-hybridized carbons (Fsp3) is 0.400. The molecule has 1 nitrogen and oxygen atoms in total. The van der Waals surface area contributed by atoms with Gasteiger partial charge in [-0.2, -0.15) is 0 Å². The van der Waals surface area contributed by atoms with Crippen LogP contribution in [0.4, 0.5) is 0 Å². The number of ether oxygens (including phenoxy) is 1. The molecule has 0 amide bonds. The summed E-state index contributed by atoms with van der Waals surface area (Å²) in [6.45, 7) is 10.4. The van der Waals surface area contributed by atoms with Crippen LogP contribution in [-0.4, -0.2) is 13.2 Å². The second-order valence-electron chi connectivity index (χ2n) is 2.58. The summed E-state index contributed by atoms with van der Waals surface area (Å²) >= 11 is 0. The van der Waals surface area contributed by atoms with Crippen LogP contribution in [0.25, 0.3) is 0 Å². The van der Waals surface area contributed by atoms with Gasteiger partial charge < -0.3 is 4.74 Å². The summed E-state index contributed by atoms with van der Waals surface area (Å²) in [6.07, 6.45) is 5.82. The molecule has 0 heterocycles. The van der Waals surface area contributed by atoms with Crippen LogP contribution in [0, 0.1) is 12.3 Å². The summed E-state index contributed by atoms with van der Waals surface area (Å²) in [5, 5.41) is 0. The molecule has 0 rings (SSSR count).